The Kier molecular flexibility index (Phi) is 11.9. The van der Waals surface area contributed by atoms with Crippen LogP contribution in [-0.4, -0.2) is 96.3 Å². The molecule has 2 amide bonds. The number of aldehydes is 1. The van der Waals surface area contributed by atoms with Crippen LogP contribution < -0.4 is 4.74 Å². The average Bonchev–Trinajstić information content (AvgIpc) is 2.82. The van der Waals surface area contributed by atoms with Gasteiger partial charge in [0, 0.05) is 33.1 Å². The second-order valence-electron chi connectivity index (χ2n) is 10.1. The maximum Gasteiger partial charge on any atom is 0.307 e. The summed E-state index contributed by atoms with van der Waals surface area (Å²) >= 11 is 0. The lowest BCUT2D eigenvalue weighted by Gasteiger charge is -2.33. The number of hydrogen-bond donors (Lipinski definition) is 1. The van der Waals surface area contributed by atoms with Gasteiger partial charge in [-0.3, -0.25) is 19.3 Å². The second-order valence-corrected chi connectivity index (χ2v) is 10.1. The smallest absolute Gasteiger partial charge is 0.307 e. The van der Waals surface area contributed by atoms with Crippen LogP contribution >= 0.6 is 0 Å². The van der Waals surface area contributed by atoms with Crippen molar-refractivity contribution >= 4 is 24.1 Å². The molecule has 1 aliphatic rings. The van der Waals surface area contributed by atoms with Crippen LogP contribution in [-0.2, 0) is 25.6 Å². The number of piperidine rings is 1. The van der Waals surface area contributed by atoms with Gasteiger partial charge in [0.15, 0.2) is 0 Å². The Balaban J connectivity index is 1.72. The van der Waals surface area contributed by atoms with E-state index in [1.165, 1.54) is 6.92 Å². The largest absolute Gasteiger partial charge is 0.493 e. The number of carboxylic acid groups (broad SMARTS) is 1. The van der Waals surface area contributed by atoms with Gasteiger partial charge in [-0.2, -0.15) is 0 Å². The van der Waals surface area contributed by atoms with Crippen LogP contribution in [0.25, 0.3) is 0 Å². The van der Waals surface area contributed by atoms with Crippen LogP contribution in [0.3, 0.4) is 0 Å². The monoisotopic (exact) mass is 503 g/mol. The molecule has 0 radical (unpaired) electrons. The molecular weight excluding hydrogens is 462 g/mol. The van der Waals surface area contributed by atoms with Gasteiger partial charge in [-0.1, -0.05) is 26.0 Å². The minimum absolute atomic E-state index is 0.00562. The first-order valence-corrected chi connectivity index (χ1v) is 12.7. The van der Waals surface area contributed by atoms with E-state index in [-0.39, 0.29) is 24.8 Å². The van der Waals surface area contributed by atoms with Gasteiger partial charge in [0.25, 0.3) is 0 Å². The number of amides is 2. The van der Waals surface area contributed by atoms with Crippen molar-refractivity contribution in [1.82, 2.24) is 14.7 Å². The number of ether oxygens (including phenoxy) is 1. The summed E-state index contributed by atoms with van der Waals surface area (Å²) in [6.45, 7) is 8.64. The van der Waals surface area contributed by atoms with Crippen LogP contribution in [0.5, 0.6) is 5.75 Å². The zero-order valence-corrected chi connectivity index (χ0v) is 22.0. The molecule has 1 atom stereocenters. The molecule has 9 nitrogen and oxygen atoms in total. The third kappa shape index (κ3) is 9.97. The average molecular weight is 504 g/mol. The molecule has 1 aromatic rings. The fraction of sp³-hybridized carbons (Fsp3) is 0.630. The first-order chi connectivity index (χ1) is 17.1. The van der Waals surface area contributed by atoms with Gasteiger partial charge in [0.05, 0.1) is 25.6 Å². The molecule has 1 aromatic carbocycles. The Morgan fingerprint density at radius 2 is 1.78 bits per heavy atom. The van der Waals surface area contributed by atoms with Gasteiger partial charge < -0.3 is 24.4 Å². The Labute approximate surface area is 214 Å². The third-order valence-corrected chi connectivity index (χ3v) is 6.53. The summed E-state index contributed by atoms with van der Waals surface area (Å²) in [4.78, 5) is 52.5. The number of carbonyl (C=O) groups is 4. The topological polar surface area (TPSA) is 107 Å². The summed E-state index contributed by atoms with van der Waals surface area (Å²) in [5.74, 6) is 0.453. The number of nitrogens with zero attached hydrogens (tertiary/aromatic N) is 3. The number of likely N-dealkylation sites (tertiary alicyclic amines) is 1. The highest BCUT2D eigenvalue weighted by molar-refractivity contribution is 5.78. The van der Waals surface area contributed by atoms with Gasteiger partial charge in [0.2, 0.25) is 11.8 Å². The molecule has 1 fully saturated rings. The predicted molar refractivity (Wildman–Crippen MR) is 137 cm³/mol. The number of hydrogen-bond acceptors (Lipinski definition) is 6. The minimum atomic E-state index is -0.859. The lowest BCUT2D eigenvalue weighted by molar-refractivity contribution is -0.136. The summed E-state index contributed by atoms with van der Waals surface area (Å²) in [6, 6.07) is 6.68. The van der Waals surface area contributed by atoms with Crippen molar-refractivity contribution in [3.8, 4) is 5.75 Å². The van der Waals surface area contributed by atoms with Crippen LogP contribution in [0.4, 0.5) is 0 Å². The van der Waals surface area contributed by atoms with Crippen molar-refractivity contribution in [3.63, 3.8) is 0 Å². The number of aliphatic carboxylic acids is 1. The Morgan fingerprint density at radius 3 is 2.31 bits per heavy atom. The maximum atomic E-state index is 12.8. The number of carboxylic acids is 1. The van der Waals surface area contributed by atoms with Crippen molar-refractivity contribution in [3.05, 3.63) is 29.8 Å². The zero-order valence-electron chi connectivity index (χ0n) is 22.0. The molecule has 1 aliphatic heterocycles. The second kappa shape index (κ2) is 14.6. The molecule has 0 aliphatic carbocycles. The normalized spacial score (nSPS) is 15.1. The SMILES string of the molecule is CC(=O)N(CCN(C)CC(=O)N1CCC(COc2ccc(CC(=O)O)cc2)CC1)C(C=O)CC(C)C. The van der Waals surface area contributed by atoms with E-state index in [9.17, 15) is 19.2 Å². The van der Waals surface area contributed by atoms with Crippen LogP contribution in [0.1, 0.15) is 45.6 Å². The van der Waals surface area contributed by atoms with Crippen LogP contribution in [0.2, 0.25) is 0 Å². The summed E-state index contributed by atoms with van der Waals surface area (Å²) in [5, 5.41) is 8.85. The van der Waals surface area contributed by atoms with Gasteiger partial charge >= 0.3 is 5.97 Å². The Morgan fingerprint density at radius 1 is 1.14 bits per heavy atom. The number of benzene rings is 1. The number of likely N-dealkylation sites (N-methyl/N-ethyl adjacent to an activating group) is 1. The lowest BCUT2D eigenvalue weighted by atomic mass is 9.97. The molecule has 1 saturated heterocycles. The molecule has 1 heterocycles. The first-order valence-electron chi connectivity index (χ1n) is 12.7. The standard InChI is InChI=1S/C27H41N3O6/c1-20(2)15-24(18-31)30(21(3)32)14-13-28(4)17-26(33)29-11-9-23(10-12-29)19-36-25-7-5-22(6-8-25)16-27(34)35/h5-8,18,20,23-24H,9-17,19H2,1-4H3,(H,34,35). The molecule has 1 unspecified atom stereocenters. The van der Waals surface area contributed by atoms with Crippen molar-refractivity contribution in [1.29, 1.82) is 0 Å². The third-order valence-electron chi connectivity index (χ3n) is 6.53. The molecule has 0 aromatic heterocycles. The first kappa shape index (κ1) is 29.3. The fourth-order valence-electron chi connectivity index (χ4n) is 4.43. The van der Waals surface area contributed by atoms with E-state index in [0.29, 0.717) is 56.8 Å². The highest BCUT2D eigenvalue weighted by Gasteiger charge is 2.25. The van der Waals surface area contributed by atoms with Gasteiger partial charge in [-0.15, -0.1) is 0 Å². The van der Waals surface area contributed by atoms with Gasteiger partial charge in [-0.25, -0.2) is 0 Å². The molecule has 200 valence electrons. The van der Waals surface area contributed by atoms with Gasteiger partial charge in [-0.05, 0) is 55.8 Å². The molecular formula is C27H41N3O6. The molecule has 2 rings (SSSR count). The molecule has 0 bridgehead atoms. The van der Waals surface area contributed by atoms with E-state index in [2.05, 4.69) is 0 Å². The molecule has 9 heteroatoms. The van der Waals surface area contributed by atoms with Crippen molar-refractivity contribution < 1.29 is 29.0 Å². The van der Waals surface area contributed by atoms with Crippen LogP contribution in [0, 0.1) is 11.8 Å². The number of carbonyl (C=O) groups excluding carboxylic acids is 3. The van der Waals surface area contributed by atoms with Crippen molar-refractivity contribution in [2.45, 2.75) is 52.5 Å². The van der Waals surface area contributed by atoms with E-state index in [1.807, 2.05) is 30.7 Å². The van der Waals surface area contributed by atoms with E-state index >= 15 is 0 Å². The highest BCUT2D eigenvalue weighted by atomic mass is 16.5. The van der Waals surface area contributed by atoms with Gasteiger partial charge in [0.1, 0.15) is 12.0 Å². The Hall–Kier alpha value is -2.94. The zero-order chi connectivity index (χ0) is 26.7. The van der Waals surface area contributed by atoms with Crippen LogP contribution in [0.15, 0.2) is 24.3 Å². The summed E-state index contributed by atoms with van der Waals surface area (Å²) in [5.41, 5.74) is 0.736. The van der Waals surface area contributed by atoms with E-state index in [4.69, 9.17) is 9.84 Å². The van der Waals surface area contributed by atoms with E-state index < -0.39 is 12.0 Å². The van der Waals surface area contributed by atoms with Crippen molar-refractivity contribution in [2.75, 3.05) is 46.4 Å². The molecule has 0 spiro atoms. The van der Waals surface area contributed by atoms with E-state index in [1.54, 1.807) is 29.2 Å². The van der Waals surface area contributed by atoms with E-state index in [0.717, 1.165) is 24.7 Å². The minimum Gasteiger partial charge on any atom is -0.493 e. The molecule has 0 saturated carbocycles. The number of rotatable bonds is 14. The molecule has 1 N–H and O–H groups in total. The summed E-state index contributed by atoms with van der Waals surface area (Å²) in [6.07, 6.45) is 3.19. The maximum absolute atomic E-state index is 12.8. The van der Waals surface area contributed by atoms with Crippen molar-refractivity contribution in [2.24, 2.45) is 11.8 Å². The lowest BCUT2D eigenvalue weighted by Crippen LogP contribution is -2.47. The quantitative estimate of drug-likeness (QED) is 0.388. The predicted octanol–water partition coefficient (Wildman–Crippen LogP) is 2.33. The molecule has 36 heavy (non-hydrogen) atoms. The fourth-order valence-corrected chi connectivity index (χ4v) is 4.43. The summed E-state index contributed by atoms with van der Waals surface area (Å²) in [7, 11) is 1.86. The Bertz CT molecular complexity index is 865. The summed E-state index contributed by atoms with van der Waals surface area (Å²) < 4.78 is 5.88. The highest BCUT2D eigenvalue weighted by Crippen LogP contribution is 2.20.